The molecule has 0 saturated carbocycles. The van der Waals surface area contributed by atoms with E-state index >= 15 is 0 Å². The fraction of sp³-hybridized carbons (Fsp3) is 0.500. The quantitative estimate of drug-likeness (QED) is 0.495. The SMILES string of the molecule is COC(=O)CSc1ncnc2sc3c(c12)CC[C@H](C)C3. The van der Waals surface area contributed by atoms with Gasteiger partial charge in [0.1, 0.15) is 16.2 Å². The minimum Gasteiger partial charge on any atom is -0.468 e. The van der Waals surface area contributed by atoms with Gasteiger partial charge in [-0.1, -0.05) is 18.7 Å². The molecule has 0 bridgehead atoms. The van der Waals surface area contributed by atoms with Gasteiger partial charge in [-0.05, 0) is 30.7 Å². The number of carbonyl (C=O) groups excluding carboxylic acids is 1. The molecule has 0 radical (unpaired) electrons. The highest BCUT2D eigenvalue weighted by Gasteiger charge is 2.23. The number of methoxy groups -OCH3 is 1. The van der Waals surface area contributed by atoms with Crippen LogP contribution in [0.15, 0.2) is 11.4 Å². The number of rotatable bonds is 3. The maximum Gasteiger partial charge on any atom is 0.316 e. The van der Waals surface area contributed by atoms with Gasteiger partial charge in [0.25, 0.3) is 0 Å². The molecule has 2 aromatic heterocycles. The molecule has 1 aliphatic rings. The van der Waals surface area contributed by atoms with Crippen molar-refractivity contribution in [3.8, 4) is 0 Å². The van der Waals surface area contributed by atoms with Gasteiger partial charge < -0.3 is 4.74 Å². The lowest BCUT2D eigenvalue weighted by Gasteiger charge is -2.18. The molecule has 6 heteroatoms. The lowest BCUT2D eigenvalue weighted by atomic mass is 9.89. The largest absolute Gasteiger partial charge is 0.468 e. The Balaban J connectivity index is 1.98. The lowest BCUT2D eigenvalue weighted by molar-refractivity contribution is -0.137. The fourth-order valence-corrected chi connectivity index (χ4v) is 4.82. The Bertz CT molecular complexity index is 654. The maximum absolute atomic E-state index is 11.3. The van der Waals surface area contributed by atoms with Crippen molar-refractivity contribution >= 4 is 39.3 Å². The molecule has 0 unspecified atom stereocenters. The summed E-state index contributed by atoms with van der Waals surface area (Å²) in [6.45, 7) is 2.30. The van der Waals surface area contributed by atoms with Crippen molar-refractivity contribution in [2.45, 2.75) is 31.2 Å². The van der Waals surface area contributed by atoms with Crippen LogP contribution in [-0.4, -0.2) is 28.8 Å². The minimum absolute atomic E-state index is 0.223. The fourth-order valence-electron chi connectivity index (χ4n) is 2.54. The zero-order valence-electron chi connectivity index (χ0n) is 11.5. The van der Waals surface area contributed by atoms with Crippen molar-refractivity contribution in [2.75, 3.05) is 12.9 Å². The molecule has 20 heavy (non-hydrogen) atoms. The molecule has 0 spiro atoms. The van der Waals surface area contributed by atoms with Crippen LogP contribution in [0, 0.1) is 5.92 Å². The van der Waals surface area contributed by atoms with Crippen LogP contribution in [0.2, 0.25) is 0 Å². The second-order valence-corrected chi connectivity index (χ2v) is 7.12. The van der Waals surface area contributed by atoms with E-state index in [-0.39, 0.29) is 5.97 Å². The first kappa shape index (κ1) is 13.8. The summed E-state index contributed by atoms with van der Waals surface area (Å²) in [4.78, 5) is 22.6. The molecule has 3 rings (SSSR count). The van der Waals surface area contributed by atoms with Gasteiger partial charge in [0.15, 0.2) is 0 Å². The smallest absolute Gasteiger partial charge is 0.316 e. The Kier molecular flexibility index (Phi) is 3.94. The number of fused-ring (bicyclic) bond motifs is 3. The topological polar surface area (TPSA) is 52.1 Å². The monoisotopic (exact) mass is 308 g/mol. The maximum atomic E-state index is 11.3. The number of carbonyl (C=O) groups is 1. The molecule has 0 saturated heterocycles. The van der Waals surface area contributed by atoms with Crippen molar-refractivity contribution in [3.05, 3.63) is 16.8 Å². The highest BCUT2D eigenvalue weighted by molar-refractivity contribution is 8.00. The Hall–Kier alpha value is -1.14. The molecule has 0 amide bonds. The van der Waals surface area contributed by atoms with Crippen molar-refractivity contribution < 1.29 is 9.53 Å². The van der Waals surface area contributed by atoms with Crippen LogP contribution in [0.5, 0.6) is 0 Å². The van der Waals surface area contributed by atoms with Crippen LogP contribution >= 0.6 is 23.1 Å². The van der Waals surface area contributed by atoms with Gasteiger partial charge in [-0.25, -0.2) is 9.97 Å². The number of hydrogen-bond donors (Lipinski definition) is 0. The molecule has 0 aliphatic heterocycles. The number of aromatic nitrogens is 2. The molecule has 0 fully saturated rings. The summed E-state index contributed by atoms with van der Waals surface area (Å²) >= 11 is 3.22. The van der Waals surface area contributed by atoms with Gasteiger partial charge >= 0.3 is 5.97 Å². The van der Waals surface area contributed by atoms with Crippen LogP contribution < -0.4 is 0 Å². The van der Waals surface area contributed by atoms with Gasteiger partial charge in [0.05, 0.1) is 12.9 Å². The molecule has 2 aromatic rings. The van der Waals surface area contributed by atoms with Gasteiger partial charge in [-0.2, -0.15) is 0 Å². The number of thiophene rings is 1. The summed E-state index contributed by atoms with van der Waals surface area (Å²) in [5, 5.41) is 2.07. The van der Waals surface area contributed by atoms with E-state index in [1.54, 1.807) is 17.7 Å². The average molecular weight is 308 g/mol. The Morgan fingerprint density at radius 2 is 2.40 bits per heavy atom. The second kappa shape index (κ2) is 5.69. The number of thioether (sulfide) groups is 1. The van der Waals surface area contributed by atoms with E-state index in [1.807, 2.05) is 0 Å². The molecule has 0 N–H and O–H groups in total. The second-order valence-electron chi connectivity index (χ2n) is 5.08. The number of esters is 1. The van der Waals surface area contributed by atoms with Gasteiger partial charge in [0.2, 0.25) is 0 Å². The van der Waals surface area contributed by atoms with Crippen LogP contribution in [0.1, 0.15) is 23.8 Å². The zero-order valence-corrected chi connectivity index (χ0v) is 13.1. The Morgan fingerprint density at radius 1 is 1.55 bits per heavy atom. The third kappa shape index (κ3) is 2.54. The zero-order chi connectivity index (χ0) is 14.1. The van der Waals surface area contributed by atoms with E-state index < -0.39 is 0 Å². The molecule has 2 heterocycles. The predicted octanol–water partition coefficient (Wildman–Crippen LogP) is 3.08. The molecular formula is C14H16N2O2S2. The number of ether oxygens (including phenoxy) is 1. The lowest BCUT2D eigenvalue weighted by Crippen LogP contribution is -2.09. The Labute approximate surface area is 126 Å². The molecule has 0 aromatic carbocycles. The number of nitrogens with zero attached hydrogens (tertiary/aromatic N) is 2. The first-order chi connectivity index (χ1) is 9.69. The first-order valence-corrected chi connectivity index (χ1v) is 8.44. The summed E-state index contributed by atoms with van der Waals surface area (Å²) in [6.07, 6.45) is 5.04. The minimum atomic E-state index is -0.223. The molecule has 106 valence electrons. The first-order valence-electron chi connectivity index (χ1n) is 6.64. The van der Waals surface area contributed by atoms with E-state index in [9.17, 15) is 4.79 Å². The van der Waals surface area contributed by atoms with Crippen molar-refractivity contribution in [3.63, 3.8) is 0 Å². The van der Waals surface area contributed by atoms with E-state index in [0.29, 0.717) is 5.75 Å². The molecular weight excluding hydrogens is 292 g/mol. The van der Waals surface area contributed by atoms with E-state index in [1.165, 1.54) is 35.7 Å². The van der Waals surface area contributed by atoms with Gasteiger partial charge in [-0.15, -0.1) is 11.3 Å². The van der Waals surface area contributed by atoms with Crippen molar-refractivity contribution in [1.29, 1.82) is 0 Å². The Morgan fingerprint density at radius 3 is 3.20 bits per heavy atom. The number of aryl methyl sites for hydroxylation is 1. The molecule has 1 atom stereocenters. The van der Waals surface area contributed by atoms with Crippen LogP contribution in [-0.2, 0) is 22.4 Å². The van der Waals surface area contributed by atoms with E-state index in [4.69, 9.17) is 4.74 Å². The highest BCUT2D eigenvalue weighted by atomic mass is 32.2. The molecule has 1 aliphatic carbocycles. The standard InChI is InChI=1S/C14H16N2O2S2/c1-8-3-4-9-10(5-8)20-14-12(9)13(15-7-16-14)19-6-11(17)18-2/h7-8H,3-6H2,1-2H3/t8-/m0/s1. The summed E-state index contributed by atoms with van der Waals surface area (Å²) in [5.74, 6) is 0.818. The van der Waals surface area contributed by atoms with Crippen molar-refractivity contribution in [2.24, 2.45) is 5.92 Å². The third-order valence-electron chi connectivity index (χ3n) is 3.61. The van der Waals surface area contributed by atoms with Crippen LogP contribution in [0.25, 0.3) is 10.2 Å². The third-order valence-corrected chi connectivity index (χ3v) is 5.74. The predicted molar refractivity (Wildman–Crippen MR) is 81.3 cm³/mol. The van der Waals surface area contributed by atoms with Gasteiger partial charge in [-0.3, -0.25) is 4.79 Å². The van der Waals surface area contributed by atoms with Crippen LogP contribution in [0.3, 0.4) is 0 Å². The van der Waals surface area contributed by atoms with Gasteiger partial charge in [0, 0.05) is 10.3 Å². The average Bonchev–Trinajstić information content (AvgIpc) is 2.82. The molecule has 4 nitrogen and oxygen atoms in total. The highest BCUT2D eigenvalue weighted by Crippen LogP contribution is 2.40. The summed E-state index contributed by atoms with van der Waals surface area (Å²) in [6, 6.07) is 0. The van der Waals surface area contributed by atoms with E-state index in [2.05, 4.69) is 16.9 Å². The summed E-state index contributed by atoms with van der Waals surface area (Å²) in [7, 11) is 1.41. The normalized spacial score (nSPS) is 18.0. The van der Waals surface area contributed by atoms with Crippen molar-refractivity contribution in [1.82, 2.24) is 9.97 Å². The van der Waals surface area contributed by atoms with E-state index in [0.717, 1.165) is 34.0 Å². The number of hydrogen-bond acceptors (Lipinski definition) is 6. The summed E-state index contributed by atoms with van der Waals surface area (Å²) < 4.78 is 4.69. The summed E-state index contributed by atoms with van der Waals surface area (Å²) in [5.41, 5.74) is 1.40. The van der Waals surface area contributed by atoms with Crippen LogP contribution in [0.4, 0.5) is 0 Å².